The lowest BCUT2D eigenvalue weighted by Crippen LogP contribution is -2.30. The van der Waals surface area contributed by atoms with Gasteiger partial charge >= 0.3 is 11.9 Å². The number of allylic oxidation sites excluding steroid dienone is 20. The summed E-state index contributed by atoms with van der Waals surface area (Å²) < 4.78 is 17.3. The van der Waals surface area contributed by atoms with Gasteiger partial charge in [-0.3, -0.25) is 9.59 Å². The normalized spacial score (nSPS) is 13.2. The molecule has 5 heteroatoms. The van der Waals surface area contributed by atoms with Gasteiger partial charge in [-0.15, -0.1) is 0 Å². The number of unbranched alkanes of at least 4 members (excludes halogenated alkanes) is 15. The smallest absolute Gasteiger partial charge is 0.306 e. The van der Waals surface area contributed by atoms with Gasteiger partial charge < -0.3 is 14.2 Å². The standard InChI is InChI=1S/C59H96O5/c1-4-7-10-13-16-19-22-25-27-29-30-31-32-35-37-40-43-46-49-52-58(60)63-56-57(64-59(61)53-50-47-44-41-38-34-24-21-18-15-12-9-6-3)55-62-54-51-48-45-42-39-36-33-28-26-23-20-17-14-11-8-5-2/h7-8,10-11,16-17,19-21,24-28,30-31,35,37,43,46,57H,4-6,9,12-15,18,22-23,29,32-34,36,38-42,44-45,47-56H2,1-3H3/b10-7-,11-8-,19-16-,20-17-,24-21-,27-25-,28-26-,31-30-,37-35-,46-43-. The zero-order chi connectivity index (χ0) is 46.3. The second-order valence-corrected chi connectivity index (χ2v) is 16.7. The van der Waals surface area contributed by atoms with Crippen LogP contribution >= 0.6 is 0 Å². The van der Waals surface area contributed by atoms with Crippen molar-refractivity contribution in [3.05, 3.63) is 122 Å². The quantitative estimate of drug-likeness (QED) is 0.0346. The zero-order valence-electron chi connectivity index (χ0n) is 41.5. The van der Waals surface area contributed by atoms with Gasteiger partial charge in [-0.05, 0) is 116 Å². The number of carbonyl (C=O) groups is 2. The van der Waals surface area contributed by atoms with E-state index in [9.17, 15) is 9.59 Å². The van der Waals surface area contributed by atoms with Gasteiger partial charge in [0.05, 0.1) is 6.61 Å². The molecule has 0 N–H and O–H groups in total. The fourth-order valence-corrected chi connectivity index (χ4v) is 6.66. The molecule has 0 radical (unpaired) electrons. The van der Waals surface area contributed by atoms with Gasteiger partial charge in [0.15, 0.2) is 6.10 Å². The van der Waals surface area contributed by atoms with E-state index in [0.29, 0.717) is 25.9 Å². The maximum absolute atomic E-state index is 12.8. The molecule has 0 saturated heterocycles. The van der Waals surface area contributed by atoms with Gasteiger partial charge in [0.25, 0.3) is 0 Å². The van der Waals surface area contributed by atoms with E-state index >= 15 is 0 Å². The second-order valence-electron chi connectivity index (χ2n) is 16.7. The fourth-order valence-electron chi connectivity index (χ4n) is 6.66. The molecule has 0 aromatic heterocycles. The molecule has 0 amide bonds. The number of hydrogen-bond acceptors (Lipinski definition) is 5. The molecule has 0 saturated carbocycles. The SMILES string of the molecule is CC/C=C\C/C=C\C/C=C\C/C=C\C/C=C\C/C=C\CCC(=O)OCC(COCCCCCCCC/C=C\C/C=C\C/C=C\CC)OC(=O)CCCCCCC/C=C\CCCCCC. The third-order valence-electron chi connectivity index (χ3n) is 10.5. The molecule has 0 aliphatic rings. The average molecular weight is 885 g/mol. The Morgan fingerprint density at radius 1 is 0.359 bits per heavy atom. The number of rotatable bonds is 46. The molecule has 0 aliphatic carbocycles. The molecule has 1 unspecified atom stereocenters. The van der Waals surface area contributed by atoms with Crippen molar-refractivity contribution in [1.29, 1.82) is 0 Å². The van der Waals surface area contributed by atoms with Crippen LogP contribution in [0.4, 0.5) is 0 Å². The monoisotopic (exact) mass is 885 g/mol. The Hall–Kier alpha value is -3.70. The van der Waals surface area contributed by atoms with Gasteiger partial charge in [-0.25, -0.2) is 0 Å². The van der Waals surface area contributed by atoms with Crippen molar-refractivity contribution in [1.82, 2.24) is 0 Å². The van der Waals surface area contributed by atoms with Crippen LogP contribution in [0.5, 0.6) is 0 Å². The van der Waals surface area contributed by atoms with E-state index in [0.717, 1.165) is 103 Å². The highest BCUT2D eigenvalue weighted by atomic mass is 16.6. The maximum Gasteiger partial charge on any atom is 0.306 e. The number of ether oxygens (including phenoxy) is 3. The van der Waals surface area contributed by atoms with E-state index in [4.69, 9.17) is 14.2 Å². The summed E-state index contributed by atoms with van der Waals surface area (Å²) in [6.07, 6.45) is 75.0. The van der Waals surface area contributed by atoms with Crippen LogP contribution in [0.15, 0.2) is 122 Å². The lowest BCUT2D eigenvalue weighted by molar-refractivity contribution is -0.162. The van der Waals surface area contributed by atoms with Crippen molar-refractivity contribution < 1.29 is 23.8 Å². The van der Waals surface area contributed by atoms with Crippen molar-refractivity contribution in [2.24, 2.45) is 0 Å². The van der Waals surface area contributed by atoms with E-state index in [1.54, 1.807) is 0 Å². The van der Waals surface area contributed by atoms with Crippen LogP contribution in [0.2, 0.25) is 0 Å². The Morgan fingerprint density at radius 2 is 0.734 bits per heavy atom. The van der Waals surface area contributed by atoms with Gasteiger partial charge in [-0.2, -0.15) is 0 Å². The van der Waals surface area contributed by atoms with Crippen molar-refractivity contribution in [2.75, 3.05) is 19.8 Å². The minimum atomic E-state index is -0.586. The van der Waals surface area contributed by atoms with Crippen LogP contribution in [0.25, 0.3) is 0 Å². The summed E-state index contributed by atoms with van der Waals surface area (Å²) in [5.41, 5.74) is 0. The second kappa shape index (κ2) is 53.6. The van der Waals surface area contributed by atoms with Gasteiger partial charge in [0.1, 0.15) is 6.61 Å². The van der Waals surface area contributed by atoms with Crippen molar-refractivity contribution in [2.45, 2.75) is 219 Å². The highest BCUT2D eigenvalue weighted by molar-refractivity contribution is 5.70. The minimum Gasteiger partial charge on any atom is -0.462 e. The summed E-state index contributed by atoms with van der Waals surface area (Å²) in [5, 5.41) is 0. The molecule has 1 atom stereocenters. The predicted octanol–water partition coefficient (Wildman–Crippen LogP) is 17.8. The van der Waals surface area contributed by atoms with E-state index in [1.807, 2.05) is 6.08 Å². The molecule has 362 valence electrons. The molecule has 0 fully saturated rings. The van der Waals surface area contributed by atoms with Crippen LogP contribution in [0, 0.1) is 0 Å². The lowest BCUT2D eigenvalue weighted by Gasteiger charge is -2.18. The third kappa shape index (κ3) is 50.9. The molecule has 0 heterocycles. The fraction of sp³-hybridized carbons (Fsp3) is 0.627. The Labute approximate surface area is 395 Å². The van der Waals surface area contributed by atoms with Crippen molar-refractivity contribution >= 4 is 11.9 Å². The third-order valence-corrected chi connectivity index (χ3v) is 10.5. The van der Waals surface area contributed by atoms with Crippen molar-refractivity contribution in [3.63, 3.8) is 0 Å². The first kappa shape index (κ1) is 60.3. The van der Waals surface area contributed by atoms with E-state index in [1.165, 1.54) is 70.6 Å². The highest BCUT2D eigenvalue weighted by Gasteiger charge is 2.17. The minimum absolute atomic E-state index is 0.0292. The summed E-state index contributed by atoms with van der Waals surface area (Å²) in [5.74, 6) is -0.519. The van der Waals surface area contributed by atoms with E-state index in [2.05, 4.69) is 136 Å². The number of esters is 2. The topological polar surface area (TPSA) is 61.8 Å². The first-order chi connectivity index (χ1) is 31.6. The molecule has 0 rings (SSSR count). The molecule has 64 heavy (non-hydrogen) atoms. The van der Waals surface area contributed by atoms with Crippen LogP contribution in [-0.4, -0.2) is 37.9 Å². The Kier molecular flexibility index (Phi) is 50.5. The molecule has 0 aromatic carbocycles. The van der Waals surface area contributed by atoms with Crippen LogP contribution in [-0.2, 0) is 23.8 Å². The lowest BCUT2D eigenvalue weighted by atomic mass is 10.1. The predicted molar refractivity (Wildman–Crippen MR) is 279 cm³/mol. The molecular weight excluding hydrogens is 789 g/mol. The Morgan fingerprint density at radius 3 is 1.20 bits per heavy atom. The largest absolute Gasteiger partial charge is 0.462 e. The van der Waals surface area contributed by atoms with Gasteiger partial charge in [-0.1, -0.05) is 206 Å². The summed E-state index contributed by atoms with van der Waals surface area (Å²) in [4.78, 5) is 25.4. The van der Waals surface area contributed by atoms with E-state index < -0.39 is 6.10 Å². The van der Waals surface area contributed by atoms with Crippen LogP contribution in [0.1, 0.15) is 213 Å². The molecule has 0 spiro atoms. The molecule has 0 aromatic rings. The van der Waals surface area contributed by atoms with Crippen LogP contribution < -0.4 is 0 Å². The summed E-state index contributed by atoms with van der Waals surface area (Å²) >= 11 is 0. The molecule has 5 nitrogen and oxygen atoms in total. The first-order valence-corrected chi connectivity index (χ1v) is 26.1. The van der Waals surface area contributed by atoms with E-state index in [-0.39, 0.29) is 25.2 Å². The Balaban J connectivity index is 4.44. The van der Waals surface area contributed by atoms with Crippen LogP contribution in [0.3, 0.4) is 0 Å². The first-order valence-electron chi connectivity index (χ1n) is 26.1. The number of carbonyl (C=O) groups excluding carboxylic acids is 2. The summed E-state index contributed by atoms with van der Waals surface area (Å²) in [6.45, 7) is 7.46. The Bertz CT molecular complexity index is 1320. The summed E-state index contributed by atoms with van der Waals surface area (Å²) in [7, 11) is 0. The van der Waals surface area contributed by atoms with Crippen molar-refractivity contribution in [3.8, 4) is 0 Å². The maximum atomic E-state index is 12.8. The average Bonchev–Trinajstić information content (AvgIpc) is 3.30. The molecular formula is C59H96O5. The zero-order valence-corrected chi connectivity index (χ0v) is 41.5. The highest BCUT2D eigenvalue weighted by Crippen LogP contribution is 2.12. The number of hydrogen-bond donors (Lipinski definition) is 0. The molecule has 0 aliphatic heterocycles. The van der Waals surface area contributed by atoms with Gasteiger partial charge in [0.2, 0.25) is 0 Å². The van der Waals surface area contributed by atoms with Gasteiger partial charge in [0, 0.05) is 19.4 Å². The summed E-state index contributed by atoms with van der Waals surface area (Å²) in [6, 6.07) is 0. The molecule has 0 bridgehead atoms.